The van der Waals surface area contributed by atoms with Crippen molar-refractivity contribution in [3.63, 3.8) is 0 Å². The van der Waals surface area contributed by atoms with E-state index in [1.807, 2.05) is 0 Å². The first kappa shape index (κ1) is 13.2. The Hall–Kier alpha value is 0.210. The van der Waals surface area contributed by atoms with Crippen LogP contribution >= 0.6 is 11.6 Å². The number of halogens is 1. The number of hydrogen-bond donors (Lipinski definition) is 2. The molecule has 0 saturated heterocycles. The van der Waals surface area contributed by atoms with E-state index < -0.39 is 16.6 Å². The van der Waals surface area contributed by atoms with Crippen LogP contribution in [0, 0.1) is 0 Å². The van der Waals surface area contributed by atoms with Crippen LogP contribution in [-0.4, -0.2) is 26.8 Å². The van der Waals surface area contributed by atoms with Crippen molar-refractivity contribution in [2.75, 3.05) is 0 Å². The first-order valence-electron chi connectivity index (χ1n) is 4.80. The van der Waals surface area contributed by atoms with Gasteiger partial charge >= 0.3 is 0 Å². The van der Waals surface area contributed by atoms with Gasteiger partial charge in [-0.3, -0.25) is 0 Å². The topological polar surface area (TPSA) is 40.5 Å². The second kappa shape index (κ2) is 4.63. The molecule has 2 atom stereocenters. The summed E-state index contributed by atoms with van der Waals surface area (Å²) in [5.41, 5.74) is -2.03. The minimum absolute atomic E-state index is 0.627. The molecule has 0 spiro atoms. The fraction of sp³-hybridized carbons (Fsp3) is 1.00. The molecule has 0 heterocycles. The summed E-state index contributed by atoms with van der Waals surface area (Å²) < 4.78 is 0. The number of unbranched alkanes of at least 4 members (excludes halogenated alkanes) is 1. The van der Waals surface area contributed by atoms with Gasteiger partial charge in [0.15, 0.2) is 0 Å². The third-order valence-electron chi connectivity index (χ3n) is 2.20. The van der Waals surface area contributed by atoms with Gasteiger partial charge < -0.3 is 10.2 Å². The fourth-order valence-corrected chi connectivity index (χ4v) is 1.53. The molecule has 2 nitrogen and oxygen atoms in total. The van der Waals surface area contributed by atoms with Crippen LogP contribution in [0.4, 0.5) is 0 Å². The van der Waals surface area contributed by atoms with Gasteiger partial charge in [0, 0.05) is 0 Å². The molecule has 0 fully saturated rings. The average Bonchev–Trinajstić information content (AvgIpc) is 1.98. The largest absolute Gasteiger partial charge is 0.389 e. The van der Waals surface area contributed by atoms with Crippen molar-refractivity contribution in [2.24, 2.45) is 0 Å². The summed E-state index contributed by atoms with van der Waals surface area (Å²) in [6.45, 7) is 6.97. The van der Waals surface area contributed by atoms with Crippen LogP contribution < -0.4 is 0 Å². The van der Waals surface area contributed by atoms with Gasteiger partial charge in [0.05, 0.1) is 16.6 Å². The van der Waals surface area contributed by atoms with Crippen LogP contribution in [0.5, 0.6) is 0 Å². The Kier molecular flexibility index (Phi) is 4.70. The maximum atomic E-state index is 9.96. The van der Waals surface area contributed by atoms with Gasteiger partial charge in [-0.05, 0) is 27.2 Å². The maximum absolute atomic E-state index is 9.96. The number of rotatable bonds is 5. The van der Waals surface area contributed by atoms with Crippen molar-refractivity contribution in [2.45, 2.75) is 63.5 Å². The van der Waals surface area contributed by atoms with Crippen LogP contribution in [-0.2, 0) is 0 Å². The molecule has 0 aromatic rings. The standard InChI is InChI=1S/C10H21ClO2/c1-5-6-7-10(4,13)8(11)9(2,3)12/h8,12-13H,5-7H2,1-4H3. The third kappa shape index (κ3) is 4.30. The highest BCUT2D eigenvalue weighted by molar-refractivity contribution is 6.22. The summed E-state index contributed by atoms with van der Waals surface area (Å²) in [4.78, 5) is 0. The molecule has 0 aromatic carbocycles. The Morgan fingerprint density at radius 2 is 1.69 bits per heavy atom. The lowest BCUT2D eigenvalue weighted by Gasteiger charge is -2.36. The zero-order valence-corrected chi connectivity index (χ0v) is 9.73. The Bertz CT molecular complexity index is 149. The van der Waals surface area contributed by atoms with Crippen molar-refractivity contribution in [3.8, 4) is 0 Å². The summed E-state index contributed by atoms with van der Waals surface area (Å²) in [5, 5.41) is 19.0. The predicted octanol–water partition coefficient (Wildman–Crippen LogP) is 2.31. The molecule has 0 saturated carbocycles. The smallest absolute Gasteiger partial charge is 0.0901 e. The molecule has 2 unspecified atom stereocenters. The Balaban J connectivity index is 4.27. The quantitative estimate of drug-likeness (QED) is 0.681. The molecule has 0 rings (SSSR count). The van der Waals surface area contributed by atoms with Gasteiger partial charge in [0.1, 0.15) is 0 Å². The molecule has 0 aliphatic heterocycles. The average molecular weight is 209 g/mol. The summed E-state index contributed by atoms with van der Waals surface area (Å²) in [7, 11) is 0. The van der Waals surface area contributed by atoms with E-state index in [9.17, 15) is 10.2 Å². The summed E-state index contributed by atoms with van der Waals surface area (Å²) in [6, 6.07) is 0. The molecule has 0 bridgehead atoms. The molecule has 0 aliphatic rings. The fourth-order valence-electron chi connectivity index (χ4n) is 1.42. The highest BCUT2D eigenvalue weighted by atomic mass is 35.5. The molecular weight excluding hydrogens is 188 g/mol. The zero-order chi connectivity index (χ0) is 10.7. The predicted molar refractivity (Wildman–Crippen MR) is 56.1 cm³/mol. The van der Waals surface area contributed by atoms with E-state index in [1.54, 1.807) is 20.8 Å². The van der Waals surface area contributed by atoms with E-state index in [0.717, 1.165) is 12.8 Å². The van der Waals surface area contributed by atoms with Crippen LogP contribution in [0.1, 0.15) is 47.0 Å². The minimum Gasteiger partial charge on any atom is -0.389 e. The normalized spacial score (nSPS) is 19.6. The maximum Gasteiger partial charge on any atom is 0.0901 e. The third-order valence-corrected chi connectivity index (χ3v) is 3.21. The molecule has 0 aliphatic carbocycles. The van der Waals surface area contributed by atoms with Gasteiger partial charge in [-0.25, -0.2) is 0 Å². The van der Waals surface area contributed by atoms with Gasteiger partial charge in [0.2, 0.25) is 0 Å². The van der Waals surface area contributed by atoms with Crippen LogP contribution in [0.25, 0.3) is 0 Å². The minimum atomic E-state index is -1.04. The van der Waals surface area contributed by atoms with Crippen molar-refractivity contribution in [3.05, 3.63) is 0 Å². The van der Waals surface area contributed by atoms with E-state index >= 15 is 0 Å². The highest BCUT2D eigenvalue weighted by Crippen LogP contribution is 2.30. The summed E-state index contributed by atoms with van der Waals surface area (Å²) in [5.74, 6) is 0. The van der Waals surface area contributed by atoms with E-state index in [0.29, 0.717) is 6.42 Å². The van der Waals surface area contributed by atoms with Crippen LogP contribution in [0.3, 0.4) is 0 Å². The molecule has 3 heteroatoms. The van der Waals surface area contributed by atoms with Gasteiger partial charge in [-0.15, -0.1) is 11.6 Å². The first-order chi connectivity index (χ1) is 5.72. The first-order valence-corrected chi connectivity index (χ1v) is 5.24. The summed E-state index contributed by atoms with van der Waals surface area (Å²) in [6.07, 6.45) is 2.57. The Morgan fingerprint density at radius 1 is 1.23 bits per heavy atom. The molecule has 0 amide bonds. The lowest BCUT2D eigenvalue weighted by molar-refractivity contribution is -0.0350. The number of alkyl halides is 1. The summed E-state index contributed by atoms with van der Waals surface area (Å²) >= 11 is 5.98. The number of aliphatic hydroxyl groups is 2. The van der Waals surface area contributed by atoms with Crippen molar-refractivity contribution in [1.82, 2.24) is 0 Å². The molecule has 0 radical (unpaired) electrons. The molecule has 0 aromatic heterocycles. The lowest BCUT2D eigenvalue weighted by atomic mass is 9.86. The zero-order valence-electron chi connectivity index (χ0n) is 8.97. The van der Waals surface area contributed by atoms with Crippen molar-refractivity contribution in [1.29, 1.82) is 0 Å². The second-order valence-corrected chi connectivity index (χ2v) is 4.91. The Labute approximate surface area is 85.9 Å². The van der Waals surface area contributed by atoms with E-state index in [4.69, 9.17) is 11.6 Å². The van der Waals surface area contributed by atoms with E-state index in [-0.39, 0.29) is 0 Å². The lowest BCUT2D eigenvalue weighted by Crippen LogP contribution is -2.48. The van der Waals surface area contributed by atoms with Gasteiger partial charge in [-0.1, -0.05) is 19.8 Å². The van der Waals surface area contributed by atoms with E-state index in [2.05, 4.69) is 6.92 Å². The van der Waals surface area contributed by atoms with Crippen LogP contribution in [0.15, 0.2) is 0 Å². The monoisotopic (exact) mass is 208 g/mol. The van der Waals surface area contributed by atoms with Gasteiger partial charge in [0.25, 0.3) is 0 Å². The SMILES string of the molecule is CCCCC(C)(O)C(Cl)C(C)(C)O. The molecule has 13 heavy (non-hydrogen) atoms. The van der Waals surface area contributed by atoms with Gasteiger partial charge in [-0.2, -0.15) is 0 Å². The highest BCUT2D eigenvalue weighted by Gasteiger charge is 2.39. The molecule has 80 valence electrons. The number of hydrogen-bond acceptors (Lipinski definition) is 2. The van der Waals surface area contributed by atoms with E-state index in [1.165, 1.54) is 0 Å². The van der Waals surface area contributed by atoms with Crippen molar-refractivity contribution >= 4 is 11.6 Å². The Morgan fingerprint density at radius 3 is 2.00 bits per heavy atom. The van der Waals surface area contributed by atoms with Crippen LogP contribution in [0.2, 0.25) is 0 Å². The molecule has 2 N–H and O–H groups in total. The second-order valence-electron chi connectivity index (χ2n) is 4.48. The molecular formula is C10H21ClO2. The van der Waals surface area contributed by atoms with Crippen molar-refractivity contribution < 1.29 is 10.2 Å².